The number of carbonyl (C=O) groups excluding carboxylic acids is 4. The van der Waals surface area contributed by atoms with Gasteiger partial charge in [0.05, 0.1) is 54.5 Å². The van der Waals surface area contributed by atoms with Gasteiger partial charge >= 0.3 is 5.97 Å². The minimum absolute atomic E-state index is 0.00960. The largest absolute Gasteiger partial charge is 0.504 e. The van der Waals surface area contributed by atoms with Crippen molar-refractivity contribution < 1.29 is 43.7 Å². The molecule has 0 radical (unpaired) electrons. The number of hydrogen-bond acceptors (Lipinski definition) is 9. The Bertz CT molecular complexity index is 2080. The highest BCUT2D eigenvalue weighted by molar-refractivity contribution is 9.10. The molecule has 3 aromatic carbocycles. The summed E-state index contributed by atoms with van der Waals surface area (Å²) in [5, 5.41) is 22.6. The van der Waals surface area contributed by atoms with Gasteiger partial charge in [-0.05, 0) is 66.8 Å². The molecule has 3 fully saturated rings. The van der Waals surface area contributed by atoms with Gasteiger partial charge in [-0.3, -0.25) is 34.3 Å². The van der Waals surface area contributed by atoms with Crippen LogP contribution < -0.4 is 14.9 Å². The van der Waals surface area contributed by atoms with Gasteiger partial charge in [0.25, 0.3) is 11.8 Å². The Kier molecular flexibility index (Phi) is 9.25. The van der Waals surface area contributed by atoms with E-state index < -0.39 is 71.0 Å². The first-order valence-electron chi connectivity index (χ1n) is 16.4. The van der Waals surface area contributed by atoms with E-state index in [1.807, 2.05) is 6.08 Å². The lowest BCUT2D eigenvalue weighted by molar-refractivity contribution is -0.143. The number of benzene rings is 3. The lowest BCUT2D eigenvalue weighted by Gasteiger charge is -2.50. The molecule has 4 amide bonds. The van der Waals surface area contributed by atoms with E-state index in [0.717, 1.165) is 9.91 Å². The van der Waals surface area contributed by atoms with Gasteiger partial charge in [0.2, 0.25) is 11.8 Å². The Morgan fingerprint density at radius 1 is 0.981 bits per heavy atom. The zero-order valence-corrected chi connectivity index (χ0v) is 30.9. The summed E-state index contributed by atoms with van der Waals surface area (Å²) in [7, 11) is 2.90. The van der Waals surface area contributed by atoms with E-state index >= 15 is 4.79 Å². The number of likely N-dealkylation sites (tertiary alicyclic amines) is 1. The molecule has 3 N–H and O–H groups in total. The van der Waals surface area contributed by atoms with Crippen molar-refractivity contribution in [2.45, 2.75) is 30.6 Å². The first-order valence-corrected chi connectivity index (χ1v) is 18.0. The van der Waals surface area contributed by atoms with Crippen molar-refractivity contribution in [1.82, 2.24) is 9.91 Å². The molecule has 12 nitrogen and oxygen atoms in total. The molecule has 0 aromatic heterocycles. The number of carboxylic acids is 1. The van der Waals surface area contributed by atoms with Crippen molar-refractivity contribution in [2.24, 2.45) is 23.7 Å². The number of hydrazine groups is 1. The number of fused-ring (bicyclic) bond motifs is 4. The fraction of sp³-hybridized carbons (Fsp3) is 0.324. The third kappa shape index (κ3) is 5.43. The lowest BCUT2D eigenvalue weighted by atomic mass is 9.49. The highest BCUT2D eigenvalue weighted by atomic mass is 79.9. The molecule has 52 heavy (non-hydrogen) atoms. The number of imide groups is 2. The summed E-state index contributed by atoms with van der Waals surface area (Å²) in [6.07, 6.45) is 1.53. The molecule has 0 spiro atoms. The summed E-state index contributed by atoms with van der Waals surface area (Å²) in [4.78, 5) is 70.4. The number of ether oxygens (including phenoxy) is 2. The predicted molar refractivity (Wildman–Crippen MR) is 192 cm³/mol. The second kappa shape index (κ2) is 13.4. The standard InChI is InChI=1S/C37H32BrCl2N3O9/c1-51-20-6-3-17(4-7-20)37-25(34(48)43(36(37)50)41-27-10-5-19(39)15-26(27)40)16-23-21(31(37)24-13-18(38)14-28(52-2)32(24)46)8-9-22-30(23)35(49)42(33(22)47)12-11-29(44)45/h3-8,10,13-15,22-23,25,30-31,41,46H,9,11-12,16H2,1-2H3,(H,44,45). The van der Waals surface area contributed by atoms with Crippen molar-refractivity contribution in [3.05, 3.63) is 91.9 Å². The van der Waals surface area contributed by atoms with E-state index in [2.05, 4.69) is 21.4 Å². The molecule has 3 aromatic rings. The molecule has 2 heterocycles. The van der Waals surface area contributed by atoms with Crippen LogP contribution in [-0.2, 0) is 29.4 Å². The van der Waals surface area contributed by atoms with Crippen molar-refractivity contribution >= 4 is 74.4 Å². The number of nitrogens with one attached hydrogen (secondary N) is 1. The first-order chi connectivity index (χ1) is 24.8. The number of amides is 4. The molecule has 270 valence electrons. The summed E-state index contributed by atoms with van der Waals surface area (Å²) < 4.78 is 11.5. The molecule has 6 unspecified atom stereocenters. The molecule has 2 aliphatic heterocycles. The summed E-state index contributed by atoms with van der Waals surface area (Å²) in [5.74, 6) is -7.70. The van der Waals surface area contributed by atoms with Crippen molar-refractivity contribution in [3.8, 4) is 17.2 Å². The third-order valence-corrected chi connectivity index (χ3v) is 11.8. The van der Waals surface area contributed by atoms with Crippen LogP contribution in [0.2, 0.25) is 10.0 Å². The molecule has 0 bridgehead atoms. The number of aromatic hydroxyl groups is 1. The normalized spacial score (nSPS) is 26.5. The van der Waals surface area contributed by atoms with E-state index in [9.17, 15) is 29.4 Å². The van der Waals surface area contributed by atoms with Crippen LogP contribution in [0, 0.1) is 23.7 Å². The van der Waals surface area contributed by atoms with Gasteiger partial charge < -0.3 is 19.7 Å². The number of nitrogens with zero attached hydrogens (tertiary/aromatic N) is 2. The average Bonchev–Trinajstić information content (AvgIpc) is 3.49. The molecule has 4 aliphatic rings. The summed E-state index contributed by atoms with van der Waals surface area (Å²) in [6, 6.07) is 14.6. The zero-order chi connectivity index (χ0) is 37.2. The van der Waals surface area contributed by atoms with Crippen LogP contribution in [0.4, 0.5) is 5.69 Å². The Morgan fingerprint density at radius 3 is 2.37 bits per heavy atom. The summed E-state index contributed by atoms with van der Waals surface area (Å²) in [5.41, 5.74) is 2.76. The molecule has 1 saturated carbocycles. The van der Waals surface area contributed by atoms with E-state index in [1.54, 1.807) is 42.5 Å². The van der Waals surface area contributed by atoms with E-state index in [0.29, 0.717) is 26.4 Å². The Hall–Kier alpha value is -4.59. The summed E-state index contributed by atoms with van der Waals surface area (Å²) in [6.45, 7) is -0.286. The minimum atomic E-state index is -1.71. The number of phenols is 1. The number of aliphatic carboxylic acids is 1. The van der Waals surface area contributed by atoms with Gasteiger partial charge in [0.1, 0.15) is 5.75 Å². The number of methoxy groups -OCH3 is 2. The number of allylic oxidation sites excluding steroid dienone is 2. The number of hydrogen-bond donors (Lipinski definition) is 3. The van der Waals surface area contributed by atoms with Crippen LogP contribution in [0.1, 0.15) is 36.3 Å². The van der Waals surface area contributed by atoms with E-state index in [-0.39, 0.29) is 47.2 Å². The number of phenolic OH excluding ortho intramolecular Hbond substituents is 1. The maximum Gasteiger partial charge on any atom is 0.305 e. The molecule has 2 aliphatic carbocycles. The highest BCUT2D eigenvalue weighted by Crippen LogP contribution is 2.65. The van der Waals surface area contributed by atoms with Crippen LogP contribution in [0.15, 0.2) is 70.7 Å². The number of rotatable bonds is 9. The topological polar surface area (TPSA) is 163 Å². The van der Waals surface area contributed by atoms with Gasteiger partial charge in [-0.25, -0.2) is 0 Å². The summed E-state index contributed by atoms with van der Waals surface area (Å²) >= 11 is 16.2. The molecule has 6 atom stereocenters. The minimum Gasteiger partial charge on any atom is -0.504 e. The quantitative estimate of drug-likeness (QED) is 0.174. The van der Waals surface area contributed by atoms with Gasteiger partial charge in [0.15, 0.2) is 11.5 Å². The second-order valence-electron chi connectivity index (χ2n) is 13.2. The number of halogens is 3. The maximum absolute atomic E-state index is 15.4. The van der Waals surface area contributed by atoms with Gasteiger partial charge in [0, 0.05) is 27.5 Å². The highest BCUT2D eigenvalue weighted by Gasteiger charge is 2.70. The molecular formula is C37H32BrCl2N3O9. The molecule has 2 saturated heterocycles. The van der Waals surface area contributed by atoms with Gasteiger partial charge in [-0.15, -0.1) is 0 Å². The Labute approximate surface area is 316 Å². The van der Waals surface area contributed by atoms with Gasteiger partial charge in [-0.1, -0.05) is 62.9 Å². The molecular weight excluding hydrogens is 781 g/mol. The second-order valence-corrected chi connectivity index (χ2v) is 15.0. The van der Waals surface area contributed by atoms with Gasteiger partial charge in [-0.2, -0.15) is 5.01 Å². The fourth-order valence-corrected chi connectivity index (χ4v) is 9.56. The fourth-order valence-electron chi connectivity index (χ4n) is 8.65. The van der Waals surface area contributed by atoms with Crippen LogP contribution in [-0.4, -0.2) is 70.5 Å². The van der Waals surface area contributed by atoms with Crippen LogP contribution in [0.25, 0.3) is 0 Å². The van der Waals surface area contributed by atoms with E-state index in [4.69, 9.17) is 32.7 Å². The monoisotopic (exact) mass is 811 g/mol. The molecule has 7 rings (SSSR count). The smallest absolute Gasteiger partial charge is 0.305 e. The number of anilines is 1. The first kappa shape index (κ1) is 35.8. The van der Waals surface area contributed by atoms with Crippen LogP contribution in [0.5, 0.6) is 17.2 Å². The van der Waals surface area contributed by atoms with E-state index in [1.165, 1.54) is 26.4 Å². The van der Waals surface area contributed by atoms with Crippen molar-refractivity contribution in [3.63, 3.8) is 0 Å². The third-order valence-electron chi connectivity index (χ3n) is 10.8. The molecule has 15 heteroatoms. The Morgan fingerprint density at radius 2 is 1.71 bits per heavy atom. The predicted octanol–water partition coefficient (Wildman–Crippen LogP) is 5.94. The number of carbonyl (C=O) groups is 5. The van der Waals surface area contributed by atoms with Crippen molar-refractivity contribution in [1.29, 1.82) is 0 Å². The maximum atomic E-state index is 15.4. The average molecular weight is 813 g/mol. The van der Waals surface area contributed by atoms with Crippen molar-refractivity contribution in [2.75, 3.05) is 26.2 Å². The zero-order valence-electron chi connectivity index (χ0n) is 27.8. The van der Waals surface area contributed by atoms with Crippen LogP contribution in [0.3, 0.4) is 0 Å². The van der Waals surface area contributed by atoms with Crippen LogP contribution >= 0.6 is 39.1 Å². The SMILES string of the molecule is COc1ccc(C23C(=O)N(Nc4ccc(Cl)cc4Cl)C(=O)C2CC2C(=CCC4C(=O)N(CCC(=O)O)C(=O)C42)C3c2cc(Br)cc(OC)c2O)cc1. The number of carboxylic acid groups (broad SMARTS) is 1. The lowest BCUT2D eigenvalue weighted by Crippen LogP contribution is -2.53. The Balaban J connectivity index is 1.47.